The second-order valence-corrected chi connectivity index (χ2v) is 9.01. The summed E-state index contributed by atoms with van der Waals surface area (Å²) in [6, 6.07) is 12.1. The van der Waals surface area contributed by atoms with Gasteiger partial charge in [-0.2, -0.15) is 0 Å². The fraction of sp³-hybridized carbons (Fsp3) is 0.364. The van der Waals surface area contributed by atoms with Crippen molar-refractivity contribution in [2.24, 2.45) is 0 Å². The van der Waals surface area contributed by atoms with E-state index in [1.165, 1.54) is 5.56 Å². The summed E-state index contributed by atoms with van der Waals surface area (Å²) in [7, 11) is 0. The SMILES string of the molecule is CSc1cccc2sc(N(C[C@@H]3CCCO3)C(=O)c3ccc(C)c(C)c3)nc12. The molecule has 1 fully saturated rings. The molecule has 1 atom stereocenters. The number of rotatable bonds is 5. The lowest BCUT2D eigenvalue weighted by Gasteiger charge is -2.23. The largest absolute Gasteiger partial charge is 0.376 e. The Morgan fingerprint density at radius 2 is 2.14 bits per heavy atom. The molecule has 0 N–H and O–H groups in total. The van der Waals surface area contributed by atoms with Crippen LogP contribution in [0.4, 0.5) is 5.13 Å². The number of nitrogens with zero attached hydrogens (tertiary/aromatic N) is 2. The van der Waals surface area contributed by atoms with Gasteiger partial charge in [0.2, 0.25) is 0 Å². The summed E-state index contributed by atoms with van der Waals surface area (Å²) in [5.41, 5.74) is 3.98. The molecule has 3 aromatic rings. The topological polar surface area (TPSA) is 42.4 Å². The fourth-order valence-electron chi connectivity index (χ4n) is 3.46. The number of aryl methyl sites for hydroxylation is 2. The van der Waals surface area contributed by atoms with Crippen molar-refractivity contribution in [2.75, 3.05) is 24.3 Å². The second-order valence-electron chi connectivity index (χ2n) is 7.15. The van der Waals surface area contributed by atoms with Crippen LogP contribution in [0.15, 0.2) is 41.3 Å². The number of thioether (sulfide) groups is 1. The zero-order valence-corrected chi connectivity index (χ0v) is 18.0. The molecule has 0 spiro atoms. The van der Waals surface area contributed by atoms with E-state index in [9.17, 15) is 4.79 Å². The summed E-state index contributed by atoms with van der Waals surface area (Å²) < 4.78 is 6.94. The van der Waals surface area contributed by atoms with Crippen molar-refractivity contribution in [3.8, 4) is 0 Å². The minimum atomic E-state index is -0.0108. The zero-order chi connectivity index (χ0) is 19.7. The maximum Gasteiger partial charge on any atom is 0.260 e. The van der Waals surface area contributed by atoms with Crippen molar-refractivity contribution in [2.45, 2.75) is 37.7 Å². The first-order valence-electron chi connectivity index (χ1n) is 9.51. The van der Waals surface area contributed by atoms with E-state index in [4.69, 9.17) is 9.72 Å². The number of fused-ring (bicyclic) bond motifs is 1. The van der Waals surface area contributed by atoms with Gasteiger partial charge in [-0.25, -0.2) is 4.98 Å². The standard InChI is InChI=1S/C22H24N2O2S2/c1-14-9-10-16(12-15(14)2)21(25)24(13-17-6-5-11-26-17)22-23-20-18(27-3)7-4-8-19(20)28-22/h4,7-10,12,17H,5-6,11,13H2,1-3H3/t17-/m0/s1. The van der Waals surface area contributed by atoms with Crippen LogP contribution in [0.3, 0.4) is 0 Å². The maximum absolute atomic E-state index is 13.5. The lowest BCUT2D eigenvalue weighted by molar-refractivity contribution is 0.0917. The van der Waals surface area contributed by atoms with Crippen molar-refractivity contribution in [1.29, 1.82) is 0 Å². The van der Waals surface area contributed by atoms with Crippen molar-refractivity contribution < 1.29 is 9.53 Å². The first-order chi connectivity index (χ1) is 13.6. The number of anilines is 1. The molecule has 0 aliphatic carbocycles. The average Bonchev–Trinajstić information content (AvgIpc) is 3.36. The number of carbonyl (C=O) groups is 1. The Bertz CT molecular complexity index is 1010. The monoisotopic (exact) mass is 412 g/mol. The number of benzene rings is 2. The highest BCUT2D eigenvalue weighted by atomic mass is 32.2. The third-order valence-corrected chi connectivity index (χ3v) is 7.04. The van der Waals surface area contributed by atoms with Gasteiger partial charge in [-0.3, -0.25) is 9.69 Å². The molecular weight excluding hydrogens is 388 g/mol. The highest BCUT2D eigenvalue weighted by Crippen LogP contribution is 2.35. The summed E-state index contributed by atoms with van der Waals surface area (Å²) in [5, 5.41) is 0.746. The van der Waals surface area contributed by atoms with Gasteiger partial charge in [0.15, 0.2) is 5.13 Å². The number of aromatic nitrogens is 1. The molecule has 1 saturated heterocycles. The van der Waals surface area contributed by atoms with E-state index in [1.54, 1.807) is 23.1 Å². The third kappa shape index (κ3) is 3.81. The molecule has 2 aromatic carbocycles. The molecule has 6 heteroatoms. The highest BCUT2D eigenvalue weighted by Gasteiger charge is 2.27. The van der Waals surface area contributed by atoms with Crippen LogP contribution in [0.2, 0.25) is 0 Å². The van der Waals surface area contributed by atoms with Crippen LogP contribution < -0.4 is 4.90 Å². The quantitative estimate of drug-likeness (QED) is 0.522. The lowest BCUT2D eigenvalue weighted by Crippen LogP contribution is -2.37. The summed E-state index contributed by atoms with van der Waals surface area (Å²) in [6.07, 6.45) is 4.16. The Labute approximate surface area is 173 Å². The number of hydrogen-bond acceptors (Lipinski definition) is 5. The molecule has 0 radical (unpaired) electrons. The van der Waals surface area contributed by atoms with Crippen molar-refractivity contribution in [3.05, 3.63) is 53.1 Å². The van der Waals surface area contributed by atoms with E-state index >= 15 is 0 Å². The number of amides is 1. The summed E-state index contributed by atoms with van der Waals surface area (Å²) in [4.78, 5) is 21.3. The predicted molar refractivity (Wildman–Crippen MR) is 118 cm³/mol. The number of ether oxygens (including phenoxy) is 1. The molecule has 1 amide bonds. The minimum absolute atomic E-state index is 0.0108. The van der Waals surface area contributed by atoms with E-state index in [-0.39, 0.29) is 12.0 Å². The number of hydrogen-bond donors (Lipinski definition) is 0. The van der Waals surface area contributed by atoms with Gasteiger partial charge in [0, 0.05) is 17.1 Å². The van der Waals surface area contributed by atoms with Gasteiger partial charge in [0.1, 0.15) is 0 Å². The third-order valence-electron chi connectivity index (χ3n) is 5.23. The molecule has 1 aliphatic heterocycles. The van der Waals surface area contributed by atoms with Crippen molar-refractivity contribution in [1.82, 2.24) is 4.98 Å². The predicted octanol–water partition coefficient (Wildman–Crippen LogP) is 5.46. The van der Waals surface area contributed by atoms with Crippen LogP contribution in [0.5, 0.6) is 0 Å². The molecule has 146 valence electrons. The molecule has 2 heterocycles. The van der Waals surface area contributed by atoms with E-state index in [1.807, 2.05) is 36.1 Å². The number of thiazole rings is 1. The molecule has 4 rings (SSSR count). The van der Waals surface area contributed by atoms with E-state index < -0.39 is 0 Å². The van der Waals surface area contributed by atoms with Gasteiger partial charge in [0.05, 0.1) is 22.9 Å². The number of carbonyl (C=O) groups excluding carboxylic acids is 1. The number of para-hydroxylation sites is 1. The summed E-state index contributed by atoms with van der Waals surface area (Å²) in [5.74, 6) is -0.0108. The van der Waals surface area contributed by atoms with Crippen LogP contribution in [-0.4, -0.2) is 36.4 Å². The van der Waals surface area contributed by atoms with E-state index in [0.29, 0.717) is 12.1 Å². The van der Waals surface area contributed by atoms with Crippen LogP contribution in [0.1, 0.15) is 34.3 Å². The Morgan fingerprint density at radius 1 is 1.29 bits per heavy atom. The van der Waals surface area contributed by atoms with E-state index in [0.717, 1.165) is 45.3 Å². The van der Waals surface area contributed by atoms with Gasteiger partial charge in [-0.1, -0.05) is 23.5 Å². The van der Waals surface area contributed by atoms with Gasteiger partial charge in [-0.05, 0) is 68.3 Å². The Morgan fingerprint density at radius 3 is 2.86 bits per heavy atom. The van der Waals surface area contributed by atoms with Gasteiger partial charge < -0.3 is 4.74 Å². The molecule has 4 nitrogen and oxygen atoms in total. The first kappa shape index (κ1) is 19.4. The normalized spacial score (nSPS) is 16.6. The fourth-order valence-corrected chi connectivity index (χ4v) is 5.09. The Kier molecular flexibility index (Phi) is 5.71. The second kappa shape index (κ2) is 8.23. The smallest absolute Gasteiger partial charge is 0.260 e. The summed E-state index contributed by atoms with van der Waals surface area (Å²) in [6.45, 7) is 5.41. The average molecular weight is 413 g/mol. The van der Waals surface area contributed by atoms with Gasteiger partial charge in [-0.15, -0.1) is 11.8 Å². The van der Waals surface area contributed by atoms with Crippen molar-refractivity contribution >= 4 is 44.4 Å². The molecule has 0 saturated carbocycles. The molecular formula is C22H24N2O2S2. The first-order valence-corrected chi connectivity index (χ1v) is 11.5. The highest BCUT2D eigenvalue weighted by molar-refractivity contribution is 7.98. The van der Waals surface area contributed by atoms with Crippen LogP contribution in [0.25, 0.3) is 10.2 Å². The molecule has 1 aliphatic rings. The zero-order valence-electron chi connectivity index (χ0n) is 16.4. The molecule has 28 heavy (non-hydrogen) atoms. The summed E-state index contributed by atoms with van der Waals surface area (Å²) >= 11 is 3.25. The lowest BCUT2D eigenvalue weighted by atomic mass is 10.1. The van der Waals surface area contributed by atoms with Crippen LogP contribution in [-0.2, 0) is 4.74 Å². The Hall–Kier alpha value is -1.89. The van der Waals surface area contributed by atoms with Gasteiger partial charge in [0.25, 0.3) is 5.91 Å². The van der Waals surface area contributed by atoms with E-state index in [2.05, 4.69) is 25.3 Å². The molecule has 0 bridgehead atoms. The minimum Gasteiger partial charge on any atom is -0.376 e. The van der Waals surface area contributed by atoms with Crippen LogP contribution in [0, 0.1) is 13.8 Å². The maximum atomic E-state index is 13.5. The Balaban J connectivity index is 1.74. The molecule has 1 aromatic heterocycles. The van der Waals surface area contributed by atoms with Crippen LogP contribution >= 0.6 is 23.1 Å². The van der Waals surface area contributed by atoms with Gasteiger partial charge >= 0.3 is 0 Å². The van der Waals surface area contributed by atoms with Crippen molar-refractivity contribution in [3.63, 3.8) is 0 Å². The molecule has 0 unspecified atom stereocenters.